The van der Waals surface area contributed by atoms with Crippen molar-refractivity contribution in [3.05, 3.63) is 23.8 Å². The van der Waals surface area contributed by atoms with Crippen LogP contribution in [0.15, 0.2) is 18.2 Å². The Kier molecular flexibility index (Phi) is 10.2. The monoisotopic (exact) mass is 361 g/mol. The molecule has 0 aliphatic rings. The average molecular weight is 362 g/mol. The molecule has 3 N–H and O–H groups in total. The molecule has 0 unspecified atom stereocenters. The Balaban J connectivity index is 0. The van der Waals surface area contributed by atoms with E-state index in [2.05, 4.69) is 5.32 Å². The highest BCUT2D eigenvalue weighted by atomic mass is 35.5. The van der Waals surface area contributed by atoms with Gasteiger partial charge < -0.3 is 16.0 Å². The molecule has 0 bridgehead atoms. The van der Waals surface area contributed by atoms with Crippen LogP contribution in [0.2, 0.25) is 0 Å². The summed E-state index contributed by atoms with van der Waals surface area (Å²) in [6, 6.07) is 3.27. The Bertz CT molecular complexity index is 482. The molecule has 22 heavy (non-hydrogen) atoms. The third-order valence-electron chi connectivity index (χ3n) is 2.69. The molecule has 0 saturated heterocycles. The quantitative estimate of drug-likeness (QED) is 0.845. The van der Waals surface area contributed by atoms with Gasteiger partial charge in [-0.25, -0.2) is 0 Å². The first kappa shape index (κ1) is 23.1. The minimum atomic E-state index is -4.44. The molecule has 0 aromatic heterocycles. The maximum absolute atomic E-state index is 12.7. The lowest BCUT2D eigenvalue weighted by atomic mass is 10.1. The van der Waals surface area contributed by atoms with E-state index in [-0.39, 0.29) is 42.8 Å². The van der Waals surface area contributed by atoms with Crippen molar-refractivity contribution in [1.29, 1.82) is 0 Å². The zero-order valence-corrected chi connectivity index (χ0v) is 13.9. The van der Waals surface area contributed by atoms with Gasteiger partial charge in [0.2, 0.25) is 5.91 Å². The standard InChI is InChI=1S/C13H18F3N3O.2ClH/c1-19(2)11-6-5-9(13(14,15)16)8-10(11)18-12(20)4-3-7-17;;/h5-6,8H,3-4,7,17H2,1-2H3,(H,18,20);2*1H. The van der Waals surface area contributed by atoms with E-state index in [1.54, 1.807) is 19.0 Å². The van der Waals surface area contributed by atoms with E-state index in [0.29, 0.717) is 18.7 Å². The Morgan fingerprint density at radius 2 is 1.86 bits per heavy atom. The molecule has 0 atom stereocenters. The number of hydrogen-bond donors (Lipinski definition) is 2. The van der Waals surface area contributed by atoms with Crippen LogP contribution in [0.1, 0.15) is 18.4 Å². The summed E-state index contributed by atoms with van der Waals surface area (Å²) < 4.78 is 38.1. The van der Waals surface area contributed by atoms with Crippen LogP contribution in [-0.4, -0.2) is 26.5 Å². The first-order valence-corrected chi connectivity index (χ1v) is 6.14. The topological polar surface area (TPSA) is 58.4 Å². The first-order valence-electron chi connectivity index (χ1n) is 6.14. The van der Waals surface area contributed by atoms with Crippen LogP contribution < -0.4 is 16.0 Å². The van der Waals surface area contributed by atoms with E-state index in [9.17, 15) is 18.0 Å². The van der Waals surface area contributed by atoms with Gasteiger partial charge in [-0.15, -0.1) is 24.8 Å². The van der Waals surface area contributed by atoms with Crippen molar-refractivity contribution in [3.63, 3.8) is 0 Å². The fraction of sp³-hybridized carbons (Fsp3) is 0.462. The van der Waals surface area contributed by atoms with Crippen LogP contribution in [0.3, 0.4) is 0 Å². The van der Waals surface area contributed by atoms with Gasteiger partial charge in [-0.1, -0.05) is 0 Å². The third kappa shape index (κ3) is 6.72. The lowest BCUT2D eigenvalue weighted by Gasteiger charge is -2.19. The summed E-state index contributed by atoms with van der Waals surface area (Å²) in [4.78, 5) is 13.3. The Morgan fingerprint density at radius 1 is 1.27 bits per heavy atom. The van der Waals surface area contributed by atoms with Crippen LogP contribution in [0.5, 0.6) is 0 Å². The summed E-state index contributed by atoms with van der Waals surface area (Å²) in [5.41, 5.74) is 5.16. The predicted molar refractivity (Wildman–Crippen MR) is 87.2 cm³/mol. The minimum absolute atomic E-state index is 0. The summed E-state index contributed by atoms with van der Waals surface area (Å²) in [5.74, 6) is -0.349. The minimum Gasteiger partial charge on any atom is -0.376 e. The number of nitrogens with zero attached hydrogens (tertiary/aromatic N) is 1. The van der Waals surface area contributed by atoms with Crippen LogP contribution in [-0.2, 0) is 11.0 Å². The molecule has 1 rings (SSSR count). The highest BCUT2D eigenvalue weighted by Gasteiger charge is 2.31. The predicted octanol–water partition coefficient (Wildman–Crippen LogP) is 3.29. The fourth-order valence-electron chi connectivity index (χ4n) is 1.68. The second-order valence-corrected chi connectivity index (χ2v) is 4.56. The Morgan fingerprint density at radius 3 is 2.32 bits per heavy atom. The highest BCUT2D eigenvalue weighted by molar-refractivity contribution is 5.94. The largest absolute Gasteiger partial charge is 0.416 e. The van der Waals surface area contributed by atoms with Crippen LogP contribution in [0.4, 0.5) is 24.5 Å². The second kappa shape index (κ2) is 9.76. The lowest BCUT2D eigenvalue weighted by molar-refractivity contribution is -0.137. The number of anilines is 2. The zero-order valence-electron chi connectivity index (χ0n) is 12.2. The van der Waals surface area contributed by atoms with Gasteiger partial charge in [0, 0.05) is 20.5 Å². The molecule has 0 aliphatic heterocycles. The molecular weight excluding hydrogens is 342 g/mol. The maximum Gasteiger partial charge on any atom is 0.416 e. The summed E-state index contributed by atoms with van der Waals surface area (Å²) in [5, 5.41) is 2.50. The first-order chi connectivity index (χ1) is 9.25. The second-order valence-electron chi connectivity index (χ2n) is 4.56. The van der Waals surface area contributed by atoms with Crippen LogP contribution >= 0.6 is 24.8 Å². The number of nitrogens with two attached hydrogens (primary N) is 1. The lowest BCUT2D eigenvalue weighted by Crippen LogP contribution is -2.18. The van der Waals surface area contributed by atoms with Crippen molar-refractivity contribution < 1.29 is 18.0 Å². The number of alkyl halides is 3. The van der Waals surface area contributed by atoms with E-state index >= 15 is 0 Å². The van der Waals surface area contributed by atoms with Crippen molar-refractivity contribution in [2.24, 2.45) is 5.73 Å². The summed E-state index contributed by atoms with van der Waals surface area (Å²) in [6.45, 7) is 0.358. The number of carbonyl (C=O) groups excluding carboxylic acids is 1. The number of amides is 1. The molecule has 0 heterocycles. The van der Waals surface area contributed by atoms with Gasteiger partial charge in [0.25, 0.3) is 0 Å². The Labute approximate surface area is 140 Å². The number of hydrogen-bond acceptors (Lipinski definition) is 3. The van der Waals surface area contributed by atoms with Crippen LogP contribution in [0, 0.1) is 0 Å². The zero-order chi connectivity index (χ0) is 15.3. The average Bonchev–Trinajstić information content (AvgIpc) is 2.34. The number of nitrogens with one attached hydrogen (secondary N) is 1. The normalized spacial score (nSPS) is 10.3. The number of benzene rings is 1. The highest BCUT2D eigenvalue weighted by Crippen LogP contribution is 2.34. The molecule has 1 aromatic carbocycles. The van der Waals surface area contributed by atoms with E-state index in [0.717, 1.165) is 12.1 Å². The summed E-state index contributed by atoms with van der Waals surface area (Å²) in [7, 11) is 3.39. The van der Waals surface area contributed by atoms with E-state index < -0.39 is 11.7 Å². The smallest absolute Gasteiger partial charge is 0.376 e. The fourth-order valence-corrected chi connectivity index (χ4v) is 1.68. The van der Waals surface area contributed by atoms with Crippen LogP contribution in [0.25, 0.3) is 0 Å². The SMILES string of the molecule is CN(C)c1ccc(C(F)(F)F)cc1NC(=O)CCCN.Cl.Cl. The van der Waals surface area contributed by atoms with Gasteiger partial charge in [-0.05, 0) is 31.2 Å². The van der Waals surface area contributed by atoms with Gasteiger partial charge in [0.05, 0.1) is 16.9 Å². The van der Waals surface area contributed by atoms with Crippen molar-refractivity contribution in [2.75, 3.05) is 30.9 Å². The molecule has 0 spiro atoms. The molecule has 128 valence electrons. The molecule has 0 fully saturated rings. The number of halogens is 5. The van der Waals surface area contributed by atoms with Crippen molar-refractivity contribution in [3.8, 4) is 0 Å². The molecule has 0 aliphatic carbocycles. The Hall–Kier alpha value is -1.18. The molecular formula is C13H20Cl2F3N3O. The maximum atomic E-state index is 12.7. The molecule has 0 saturated carbocycles. The number of rotatable bonds is 5. The van der Waals surface area contributed by atoms with Gasteiger partial charge >= 0.3 is 6.18 Å². The van der Waals surface area contributed by atoms with E-state index in [1.165, 1.54) is 6.07 Å². The molecule has 9 heteroatoms. The third-order valence-corrected chi connectivity index (χ3v) is 2.69. The molecule has 1 aromatic rings. The summed E-state index contributed by atoms with van der Waals surface area (Å²) in [6.07, 6.45) is -3.77. The van der Waals surface area contributed by atoms with E-state index in [1.807, 2.05) is 0 Å². The molecule has 4 nitrogen and oxygen atoms in total. The van der Waals surface area contributed by atoms with Crippen molar-refractivity contribution in [1.82, 2.24) is 0 Å². The van der Waals surface area contributed by atoms with Crippen molar-refractivity contribution >= 4 is 42.1 Å². The van der Waals surface area contributed by atoms with E-state index in [4.69, 9.17) is 5.73 Å². The van der Waals surface area contributed by atoms with Crippen molar-refractivity contribution in [2.45, 2.75) is 19.0 Å². The van der Waals surface area contributed by atoms with Gasteiger partial charge in [0.1, 0.15) is 0 Å². The van der Waals surface area contributed by atoms with Gasteiger partial charge in [-0.3, -0.25) is 4.79 Å². The van der Waals surface area contributed by atoms with Gasteiger partial charge in [0.15, 0.2) is 0 Å². The number of carbonyl (C=O) groups is 1. The van der Waals surface area contributed by atoms with Gasteiger partial charge in [-0.2, -0.15) is 13.2 Å². The molecule has 0 radical (unpaired) electrons. The molecule has 1 amide bonds. The summed E-state index contributed by atoms with van der Waals surface area (Å²) >= 11 is 0.